The van der Waals surface area contributed by atoms with E-state index in [9.17, 15) is 9.59 Å². The Morgan fingerprint density at radius 1 is 1.27 bits per heavy atom. The van der Waals surface area contributed by atoms with Crippen molar-refractivity contribution in [3.63, 3.8) is 0 Å². The molecule has 0 radical (unpaired) electrons. The number of ether oxygens (including phenoxy) is 1. The van der Waals surface area contributed by atoms with Gasteiger partial charge in [-0.1, -0.05) is 6.42 Å². The molecule has 0 spiro atoms. The van der Waals surface area contributed by atoms with E-state index in [1.807, 2.05) is 0 Å². The molecular weight excluding hydrogens is 330 g/mol. The molecule has 26 heavy (non-hydrogen) atoms. The van der Waals surface area contributed by atoms with Crippen molar-refractivity contribution in [3.8, 4) is 0 Å². The van der Waals surface area contributed by atoms with Gasteiger partial charge in [0.1, 0.15) is 5.56 Å². The largest absolute Gasteiger partial charge is 0.385 e. The number of rotatable bonds is 9. The van der Waals surface area contributed by atoms with Crippen LogP contribution in [0, 0.1) is 5.41 Å². The lowest BCUT2D eigenvalue weighted by Crippen LogP contribution is -2.41. The van der Waals surface area contributed by atoms with Gasteiger partial charge in [0.05, 0.1) is 0 Å². The second-order valence-corrected chi connectivity index (χ2v) is 7.79. The summed E-state index contributed by atoms with van der Waals surface area (Å²) in [4.78, 5) is 27.6. The number of pyridine rings is 1. The zero-order valence-corrected chi connectivity index (χ0v) is 15.8. The van der Waals surface area contributed by atoms with Crippen molar-refractivity contribution in [1.29, 1.82) is 0 Å². The first-order valence-electron chi connectivity index (χ1n) is 9.82. The van der Waals surface area contributed by atoms with E-state index in [0.29, 0.717) is 19.7 Å². The minimum atomic E-state index is -0.249. The molecule has 0 aromatic carbocycles. The van der Waals surface area contributed by atoms with E-state index >= 15 is 0 Å². The molecule has 1 saturated carbocycles. The second-order valence-electron chi connectivity index (χ2n) is 7.79. The standard InChI is InChI=1S/C20H31N3O3/c1-26-14-6-13-23-12-5-7-17(19(23)25)18(24)21-15-20(8-9-20)16-22-10-3-2-4-11-22/h5,7,12H,2-4,6,8-11,13-16H2,1H3,(H,21,24). The Morgan fingerprint density at radius 2 is 2.04 bits per heavy atom. The minimum absolute atomic E-state index is 0.220. The second kappa shape index (κ2) is 8.82. The summed E-state index contributed by atoms with van der Waals surface area (Å²) in [6.07, 6.45) is 8.72. The van der Waals surface area contributed by atoms with Crippen LogP contribution in [0.15, 0.2) is 23.1 Å². The zero-order chi connectivity index (χ0) is 18.4. The van der Waals surface area contributed by atoms with Crippen LogP contribution in [-0.4, -0.2) is 55.3 Å². The molecule has 6 nitrogen and oxygen atoms in total. The number of likely N-dealkylation sites (tertiary alicyclic amines) is 1. The Kier molecular flexibility index (Phi) is 6.48. The quantitative estimate of drug-likeness (QED) is 0.682. The Labute approximate surface area is 155 Å². The average molecular weight is 361 g/mol. The van der Waals surface area contributed by atoms with Gasteiger partial charge in [-0.25, -0.2) is 0 Å². The summed E-state index contributed by atoms with van der Waals surface area (Å²) in [6, 6.07) is 3.39. The highest BCUT2D eigenvalue weighted by Gasteiger charge is 2.44. The fourth-order valence-electron chi connectivity index (χ4n) is 3.79. The third-order valence-electron chi connectivity index (χ3n) is 5.60. The van der Waals surface area contributed by atoms with E-state index < -0.39 is 0 Å². The minimum Gasteiger partial charge on any atom is -0.385 e. The molecule has 144 valence electrons. The molecule has 1 saturated heterocycles. The van der Waals surface area contributed by atoms with E-state index in [0.717, 1.165) is 13.0 Å². The number of amides is 1. The van der Waals surface area contributed by atoms with Crippen LogP contribution in [0.2, 0.25) is 0 Å². The number of aromatic nitrogens is 1. The third kappa shape index (κ3) is 4.95. The van der Waals surface area contributed by atoms with Gasteiger partial charge in [-0.3, -0.25) is 9.59 Å². The molecule has 2 aliphatic rings. The fraction of sp³-hybridized carbons (Fsp3) is 0.700. The van der Waals surface area contributed by atoms with Crippen molar-refractivity contribution in [1.82, 2.24) is 14.8 Å². The van der Waals surface area contributed by atoms with Gasteiger partial charge in [-0.05, 0) is 57.3 Å². The molecule has 0 atom stereocenters. The van der Waals surface area contributed by atoms with Crippen molar-refractivity contribution in [2.45, 2.75) is 45.1 Å². The number of nitrogens with zero attached hydrogens (tertiary/aromatic N) is 2. The smallest absolute Gasteiger partial charge is 0.263 e. The number of hydrogen-bond acceptors (Lipinski definition) is 4. The first-order valence-corrected chi connectivity index (χ1v) is 9.82. The predicted molar refractivity (Wildman–Crippen MR) is 101 cm³/mol. The van der Waals surface area contributed by atoms with Crippen molar-refractivity contribution in [2.24, 2.45) is 5.41 Å². The lowest BCUT2D eigenvalue weighted by molar-refractivity contribution is 0.0933. The van der Waals surface area contributed by atoms with Gasteiger partial charge in [0.15, 0.2) is 0 Å². The maximum Gasteiger partial charge on any atom is 0.263 e. The highest BCUT2D eigenvalue weighted by Crippen LogP contribution is 2.46. The number of hydrogen-bond donors (Lipinski definition) is 1. The van der Waals surface area contributed by atoms with Crippen molar-refractivity contribution >= 4 is 5.91 Å². The summed E-state index contributed by atoms with van der Waals surface area (Å²) >= 11 is 0. The normalized spacial score (nSPS) is 19.3. The molecule has 3 rings (SSSR count). The molecule has 6 heteroatoms. The van der Waals surface area contributed by atoms with E-state index in [-0.39, 0.29) is 22.4 Å². The van der Waals surface area contributed by atoms with Crippen molar-refractivity contribution in [2.75, 3.05) is 39.9 Å². The highest BCUT2D eigenvalue weighted by molar-refractivity contribution is 5.93. The van der Waals surface area contributed by atoms with Crippen LogP contribution < -0.4 is 10.9 Å². The number of piperidine rings is 1. The van der Waals surface area contributed by atoms with Gasteiger partial charge in [0.2, 0.25) is 0 Å². The van der Waals surface area contributed by atoms with Crippen LogP contribution in [0.1, 0.15) is 48.9 Å². The molecule has 1 amide bonds. The van der Waals surface area contributed by atoms with Gasteiger partial charge in [0, 0.05) is 45.0 Å². The van der Waals surface area contributed by atoms with Crippen LogP contribution >= 0.6 is 0 Å². The van der Waals surface area contributed by atoms with Crippen LogP contribution in [0.25, 0.3) is 0 Å². The average Bonchev–Trinajstić information content (AvgIpc) is 3.42. The Hall–Kier alpha value is -1.66. The number of carbonyl (C=O) groups is 1. The van der Waals surface area contributed by atoms with Gasteiger partial charge >= 0.3 is 0 Å². The van der Waals surface area contributed by atoms with E-state index in [4.69, 9.17) is 4.74 Å². The van der Waals surface area contributed by atoms with E-state index in [1.165, 1.54) is 45.2 Å². The van der Waals surface area contributed by atoms with Crippen molar-refractivity contribution in [3.05, 3.63) is 34.2 Å². The predicted octanol–water partition coefficient (Wildman–Crippen LogP) is 1.88. The first kappa shape index (κ1) is 19.1. The number of carbonyl (C=O) groups excluding carboxylic acids is 1. The number of aryl methyl sites for hydroxylation is 1. The Balaban J connectivity index is 1.54. The molecule has 1 aliphatic heterocycles. The molecule has 2 heterocycles. The van der Waals surface area contributed by atoms with Crippen LogP contribution in [0.3, 0.4) is 0 Å². The van der Waals surface area contributed by atoms with Gasteiger partial charge in [0.25, 0.3) is 11.5 Å². The zero-order valence-electron chi connectivity index (χ0n) is 15.8. The molecule has 0 bridgehead atoms. The van der Waals surface area contributed by atoms with Crippen molar-refractivity contribution < 1.29 is 9.53 Å². The summed E-state index contributed by atoms with van der Waals surface area (Å²) in [5.74, 6) is -0.249. The van der Waals surface area contributed by atoms with E-state index in [1.54, 1.807) is 30.0 Å². The van der Waals surface area contributed by atoms with E-state index in [2.05, 4.69) is 10.2 Å². The monoisotopic (exact) mass is 361 g/mol. The summed E-state index contributed by atoms with van der Waals surface area (Å²) in [7, 11) is 1.64. The topological polar surface area (TPSA) is 63.6 Å². The van der Waals surface area contributed by atoms with Crippen LogP contribution in [-0.2, 0) is 11.3 Å². The molecule has 1 aromatic heterocycles. The fourth-order valence-corrected chi connectivity index (χ4v) is 3.79. The lowest BCUT2D eigenvalue weighted by atomic mass is 10.0. The molecular formula is C20H31N3O3. The molecule has 1 aromatic rings. The lowest BCUT2D eigenvalue weighted by Gasteiger charge is -2.30. The summed E-state index contributed by atoms with van der Waals surface area (Å²) in [6.45, 7) is 5.26. The molecule has 1 aliphatic carbocycles. The summed E-state index contributed by atoms with van der Waals surface area (Å²) < 4.78 is 6.62. The SMILES string of the molecule is COCCCn1cccc(C(=O)NCC2(CN3CCCCC3)CC2)c1=O. The third-order valence-corrected chi connectivity index (χ3v) is 5.60. The van der Waals surface area contributed by atoms with Gasteiger partial charge in [-0.15, -0.1) is 0 Å². The summed E-state index contributed by atoms with van der Waals surface area (Å²) in [5.41, 5.74) is 0.236. The number of nitrogens with one attached hydrogen (secondary N) is 1. The highest BCUT2D eigenvalue weighted by atomic mass is 16.5. The number of methoxy groups -OCH3 is 1. The Morgan fingerprint density at radius 3 is 2.73 bits per heavy atom. The maximum absolute atomic E-state index is 12.6. The maximum atomic E-state index is 12.6. The molecule has 0 unspecified atom stereocenters. The van der Waals surface area contributed by atoms with Crippen LogP contribution in [0.5, 0.6) is 0 Å². The Bertz CT molecular complexity index is 661. The molecule has 2 fully saturated rings. The van der Waals surface area contributed by atoms with Gasteiger partial charge < -0.3 is 19.5 Å². The summed E-state index contributed by atoms with van der Waals surface area (Å²) in [5, 5.41) is 3.02. The molecule has 1 N–H and O–H groups in total. The van der Waals surface area contributed by atoms with Crippen LogP contribution in [0.4, 0.5) is 0 Å². The first-order chi connectivity index (χ1) is 12.6. The van der Waals surface area contributed by atoms with Gasteiger partial charge in [-0.2, -0.15) is 0 Å².